The van der Waals surface area contributed by atoms with Gasteiger partial charge in [0.2, 0.25) is 0 Å². The summed E-state index contributed by atoms with van der Waals surface area (Å²) in [6.07, 6.45) is 32.9. The Labute approximate surface area is 626 Å². The maximum absolute atomic E-state index is 11.2. The molecule has 8 saturated heterocycles. The third kappa shape index (κ3) is 47.0. The monoisotopic (exact) mass is 1470 g/mol. The first-order valence-corrected chi connectivity index (χ1v) is 40.9. The molecule has 0 unspecified atom stereocenters. The number of unbranched alkanes of at least 4 members (excludes halogenated alkanes) is 13. The second-order valence-corrected chi connectivity index (χ2v) is 32.4. The average Bonchev–Trinajstić information content (AvgIpc) is 0.833. The highest BCUT2D eigenvalue weighted by molar-refractivity contribution is 5.69. The summed E-state index contributed by atoms with van der Waals surface area (Å²) in [7, 11) is 6.79. The Morgan fingerprint density at radius 2 is 0.539 bits per heavy atom. The normalized spacial score (nSPS) is 19.9. The highest BCUT2D eigenvalue weighted by atomic mass is 16.6. The minimum atomic E-state index is -0.143. The molecule has 8 rings (SSSR count). The van der Waals surface area contributed by atoms with Gasteiger partial charge in [-0.2, -0.15) is 0 Å². The minimum Gasteiger partial charge on any atom is -0.465 e. The van der Waals surface area contributed by atoms with Crippen molar-refractivity contribution in [3.8, 4) is 0 Å². The van der Waals surface area contributed by atoms with E-state index in [4.69, 9.17) is 85.3 Å². The molecule has 0 aromatic rings. The van der Waals surface area contributed by atoms with Gasteiger partial charge in [-0.05, 0) is 83.5 Å². The van der Waals surface area contributed by atoms with Crippen molar-refractivity contribution in [1.29, 1.82) is 0 Å². The fourth-order valence-electron chi connectivity index (χ4n) is 12.0. The molecule has 0 N–H and O–H groups in total. The van der Waals surface area contributed by atoms with Gasteiger partial charge in [0.05, 0.1) is 152 Å². The average molecular weight is 1470 g/mol. The molecule has 8 aliphatic heterocycles. The van der Waals surface area contributed by atoms with E-state index < -0.39 is 0 Å². The molecule has 102 heavy (non-hydrogen) atoms. The van der Waals surface area contributed by atoms with Crippen molar-refractivity contribution < 1.29 is 90.1 Å². The van der Waals surface area contributed by atoms with Gasteiger partial charge in [0.1, 0.15) is 6.61 Å². The predicted octanol–water partition coefficient (Wildman–Crippen LogP) is 17.0. The Balaban J connectivity index is 0.000000588. The zero-order chi connectivity index (χ0) is 75.3. The van der Waals surface area contributed by atoms with E-state index in [0.29, 0.717) is 78.6 Å². The van der Waals surface area contributed by atoms with E-state index >= 15 is 0 Å². The van der Waals surface area contributed by atoms with Crippen LogP contribution < -0.4 is 0 Å². The number of carbonyl (C=O) groups is 1. The Hall–Kier alpha value is -1.21. The highest BCUT2D eigenvalue weighted by Crippen LogP contribution is 2.37. The molecule has 19 heteroatoms. The van der Waals surface area contributed by atoms with Gasteiger partial charge in [-0.1, -0.05) is 167 Å². The fraction of sp³-hybridized carbons (Fsp3) is 0.988. The molecule has 610 valence electrons. The summed E-state index contributed by atoms with van der Waals surface area (Å²) < 4.78 is 94.3. The smallest absolute Gasteiger partial charge is 0.305 e. The molecule has 19 nitrogen and oxygen atoms in total. The summed E-state index contributed by atoms with van der Waals surface area (Å²) >= 11 is 0. The summed E-state index contributed by atoms with van der Waals surface area (Å²) in [5.74, 6) is -0.143. The molecule has 8 fully saturated rings. The van der Waals surface area contributed by atoms with E-state index in [1.54, 1.807) is 28.4 Å². The minimum absolute atomic E-state index is 0.0525. The van der Waals surface area contributed by atoms with Crippen molar-refractivity contribution >= 4 is 5.97 Å². The number of esters is 1. The van der Waals surface area contributed by atoms with E-state index in [1.807, 2.05) is 0 Å². The number of carbonyl (C=O) groups excluding carboxylic acids is 1. The van der Waals surface area contributed by atoms with Crippen molar-refractivity contribution in [2.24, 2.45) is 43.3 Å². The number of rotatable bonds is 52. The van der Waals surface area contributed by atoms with Crippen LogP contribution in [0.3, 0.4) is 0 Å². The van der Waals surface area contributed by atoms with Gasteiger partial charge in [0, 0.05) is 124 Å². The van der Waals surface area contributed by atoms with Crippen LogP contribution in [-0.2, 0) is 90.1 Å². The first-order valence-electron chi connectivity index (χ1n) is 40.9. The van der Waals surface area contributed by atoms with Gasteiger partial charge >= 0.3 is 5.97 Å². The van der Waals surface area contributed by atoms with Crippen LogP contribution in [0.25, 0.3) is 0 Å². The molecule has 0 radical (unpaired) electrons. The van der Waals surface area contributed by atoms with E-state index in [0.717, 1.165) is 191 Å². The summed E-state index contributed by atoms with van der Waals surface area (Å²) in [5, 5.41) is 0. The van der Waals surface area contributed by atoms with Crippen LogP contribution >= 0.6 is 0 Å². The Morgan fingerprint density at radius 1 is 0.265 bits per heavy atom. The number of hydrogen-bond donors (Lipinski definition) is 0. The van der Waals surface area contributed by atoms with Crippen LogP contribution in [0.15, 0.2) is 0 Å². The summed E-state index contributed by atoms with van der Waals surface area (Å²) in [6, 6.07) is 0. The molecule has 8 aliphatic rings. The quantitative estimate of drug-likeness (QED) is 0.0413. The van der Waals surface area contributed by atoms with Crippen molar-refractivity contribution in [1.82, 2.24) is 0 Å². The summed E-state index contributed by atoms with van der Waals surface area (Å²) in [4.78, 5) is 11.2. The van der Waals surface area contributed by atoms with E-state index in [2.05, 4.69) is 83.1 Å². The second kappa shape index (κ2) is 61.5. The molecule has 0 bridgehead atoms. The van der Waals surface area contributed by atoms with Gasteiger partial charge < -0.3 is 85.3 Å². The zero-order valence-electron chi connectivity index (χ0n) is 69.3. The van der Waals surface area contributed by atoms with Crippen LogP contribution in [0.4, 0.5) is 0 Å². The largest absolute Gasteiger partial charge is 0.465 e. The third-order valence-corrected chi connectivity index (χ3v) is 20.7. The lowest BCUT2D eigenvalue weighted by molar-refractivity contribution is -0.165. The first kappa shape index (κ1) is 98.8. The molecule has 0 saturated carbocycles. The SMILES string of the molecule is CCC1(COCCCCCCOC)COC1.CCC1(COCCCCOC)COC1.CCCC1(C)COC1.CCCC1(CC)COC1.CCCCCCCCCOCC1(CC)COC1.CCCCCCOCC1(C)COC1.COCCCC(=O)OCC1(C)COC1.COCCOCC1(C)COC1. The van der Waals surface area contributed by atoms with Crippen molar-refractivity contribution in [3.63, 3.8) is 0 Å². The first-order chi connectivity index (χ1) is 49.3. The second-order valence-electron chi connectivity index (χ2n) is 32.4. The topological polar surface area (TPSA) is 183 Å². The van der Waals surface area contributed by atoms with Crippen LogP contribution in [0.2, 0.25) is 0 Å². The van der Waals surface area contributed by atoms with Gasteiger partial charge in [-0.25, -0.2) is 0 Å². The molecule has 8 heterocycles. The van der Waals surface area contributed by atoms with Crippen molar-refractivity contribution in [2.75, 3.05) is 233 Å². The Bertz CT molecular complexity index is 1820. The molecule has 0 aliphatic carbocycles. The molecular formula is C83H164O19. The standard InChI is InChI=1S/C15H30O2.C13H26O3.C11H22O3.C11H22O2.C10H18O4.C8H16O3.C8H16O.C7H14O/c1-3-5-6-7-8-9-10-11-16-12-15(4-2)13-17-14-15;1-3-13(11-16-12-13)10-15-9-7-5-4-6-8-14-2;1-3-11(9-14-10-11)8-13-7-5-4-6-12-2;1-3-4-5-6-7-12-8-11(2)9-13-10-11;1-10(6-13-7-10)8-14-9(11)4-3-5-12-2;1-8(6-11-7-8)5-10-4-3-9-2;1-3-5-8(4-2)6-9-7-8;1-3-4-7(2)5-8-6-7/h3-14H2,1-2H3;3-12H2,1-2H3;3-10H2,1-2H3;3-10H2,1-2H3;3-8H2,1-2H3;3-7H2,1-2H3;3-7H2,1-2H3;3-6H2,1-2H3. The van der Waals surface area contributed by atoms with E-state index in [-0.39, 0.29) is 16.8 Å². The van der Waals surface area contributed by atoms with Crippen molar-refractivity contribution in [2.45, 2.75) is 256 Å². The van der Waals surface area contributed by atoms with Gasteiger partial charge in [0.25, 0.3) is 0 Å². The number of methoxy groups -OCH3 is 4. The third-order valence-electron chi connectivity index (χ3n) is 20.7. The summed E-state index contributed by atoms with van der Waals surface area (Å²) in [5.41, 5.74) is 2.83. The number of ether oxygens (including phenoxy) is 18. The molecule has 0 spiro atoms. The highest BCUT2D eigenvalue weighted by Gasteiger charge is 2.40. The van der Waals surface area contributed by atoms with Crippen LogP contribution in [0.1, 0.15) is 256 Å². The fourth-order valence-corrected chi connectivity index (χ4v) is 12.0. The molecule has 0 amide bonds. The molecule has 0 aromatic heterocycles. The molecule has 0 aromatic carbocycles. The van der Waals surface area contributed by atoms with Gasteiger partial charge in [-0.15, -0.1) is 0 Å². The predicted molar refractivity (Wildman–Crippen MR) is 411 cm³/mol. The van der Waals surface area contributed by atoms with Crippen LogP contribution in [0, 0.1) is 43.3 Å². The van der Waals surface area contributed by atoms with Crippen LogP contribution in [-0.4, -0.2) is 239 Å². The summed E-state index contributed by atoms with van der Waals surface area (Å²) in [6.45, 7) is 52.8. The Morgan fingerprint density at radius 3 is 0.824 bits per heavy atom. The lowest BCUT2D eigenvalue weighted by atomic mass is 9.79. The molecular weight excluding hydrogens is 1300 g/mol. The van der Waals surface area contributed by atoms with E-state index in [9.17, 15) is 4.79 Å². The van der Waals surface area contributed by atoms with E-state index in [1.165, 1.54) is 141 Å². The van der Waals surface area contributed by atoms with Gasteiger partial charge in [0.15, 0.2) is 0 Å². The number of hydrogen-bond acceptors (Lipinski definition) is 19. The van der Waals surface area contributed by atoms with Crippen LogP contribution in [0.5, 0.6) is 0 Å². The van der Waals surface area contributed by atoms with Crippen molar-refractivity contribution in [3.05, 3.63) is 0 Å². The zero-order valence-corrected chi connectivity index (χ0v) is 69.3. The Kier molecular flexibility index (Phi) is 59.6. The van der Waals surface area contributed by atoms with Gasteiger partial charge in [-0.3, -0.25) is 4.79 Å². The maximum atomic E-state index is 11.2. The lowest BCUT2D eigenvalue weighted by Crippen LogP contribution is -2.45. The lowest BCUT2D eigenvalue weighted by Gasteiger charge is -2.40. The molecule has 0 atom stereocenters. The maximum Gasteiger partial charge on any atom is 0.305 e.